The van der Waals surface area contributed by atoms with Gasteiger partial charge in [0.15, 0.2) is 0 Å². The Balaban J connectivity index is 1.59. The van der Waals surface area contributed by atoms with E-state index < -0.39 is 17.6 Å². The van der Waals surface area contributed by atoms with Crippen molar-refractivity contribution in [2.24, 2.45) is 7.05 Å². The Morgan fingerprint density at radius 3 is 2.41 bits per heavy atom. The SMILES string of the molecule is Cc1ccc(NC(=O)c2cc(N(C)CCCN(C)C)cc(C(F)(F)F)c2)cc1N1C=C(c2cnn(C)c2C)NN1C. The summed E-state index contributed by atoms with van der Waals surface area (Å²) in [7, 11) is 9.35. The molecule has 4 rings (SSSR count). The number of aromatic nitrogens is 2. The number of aryl methyl sites for hydroxylation is 2. The molecular formula is C29H37F3N8O. The van der Waals surface area contributed by atoms with Crippen LogP contribution in [0, 0.1) is 13.8 Å². The second kappa shape index (κ2) is 11.8. The number of carbonyl (C=O) groups excluding carboxylic acids is 1. The average molecular weight is 571 g/mol. The topological polar surface area (TPSA) is 71.9 Å². The molecular weight excluding hydrogens is 533 g/mol. The van der Waals surface area contributed by atoms with Gasteiger partial charge in [0, 0.05) is 62.1 Å². The largest absolute Gasteiger partial charge is 0.416 e. The van der Waals surface area contributed by atoms with Gasteiger partial charge in [-0.2, -0.15) is 18.3 Å². The van der Waals surface area contributed by atoms with Gasteiger partial charge < -0.3 is 15.1 Å². The van der Waals surface area contributed by atoms with Crippen LogP contribution in [0.25, 0.3) is 5.70 Å². The smallest absolute Gasteiger partial charge is 0.375 e. The standard InChI is InChI=1S/C29H37F3N8O/c1-19-9-10-23(16-27(19)40-18-26(35-39(40)7)25-17-33-38(6)20(25)2)34-28(41)21-13-22(29(30,31)32)15-24(14-21)37(5)12-8-11-36(3)4/h9-10,13-18,35H,8,11-12H2,1-7H3,(H,34,41). The van der Waals surface area contributed by atoms with Crippen molar-refractivity contribution in [2.75, 3.05) is 56.5 Å². The van der Waals surface area contributed by atoms with E-state index in [9.17, 15) is 18.0 Å². The van der Waals surface area contributed by atoms with Gasteiger partial charge in [0.1, 0.15) is 0 Å². The van der Waals surface area contributed by atoms with E-state index in [0.29, 0.717) is 17.9 Å². The van der Waals surface area contributed by atoms with Crippen molar-refractivity contribution in [3.8, 4) is 0 Å². The van der Waals surface area contributed by atoms with Gasteiger partial charge in [-0.05, 0) is 76.8 Å². The molecule has 0 spiro atoms. The molecule has 41 heavy (non-hydrogen) atoms. The molecule has 1 aliphatic heterocycles. The fourth-order valence-electron chi connectivity index (χ4n) is 4.61. The Bertz CT molecular complexity index is 1450. The van der Waals surface area contributed by atoms with Crippen LogP contribution in [0.15, 0.2) is 48.8 Å². The molecule has 0 radical (unpaired) electrons. The number of carbonyl (C=O) groups is 1. The number of alkyl halides is 3. The Hall–Kier alpha value is -4.03. The van der Waals surface area contributed by atoms with Crippen LogP contribution in [0.5, 0.6) is 0 Å². The van der Waals surface area contributed by atoms with E-state index in [-0.39, 0.29) is 5.56 Å². The van der Waals surface area contributed by atoms with Gasteiger partial charge in [-0.25, -0.2) is 0 Å². The maximum atomic E-state index is 13.8. The zero-order valence-electron chi connectivity index (χ0n) is 24.5. The van der Waals surface area contributed by atoms with Crippen LogP contribution in [0.4, 0.5) is 30.2 Å². The molecule has 1 aromatic heterocycles. The summed E-state index contributed by atoms with van der Waals surface area (Å²) in [5, 5.41) is 10.8. The van der Waals surface area contributed by atoms with Crippen LogP contribution in [0.2, 0.25) is 0 Å². The van der Waals surface area contributed by atoms with Crippen molar-refractivity contribution in [1.82, 2.24) is 25.2 Å². The highest BCUT2D eigenvalue weighted by atomic mass is 19.4. The number of amides is 1. The van der Waals surface area contributed by atoms with Crippen molar-refractivity contribution >= 4 is 28.7 Å². The minimum Gasteiger partial charge on any atom is -0.375 e. The molecule has 2 N–H and O–H groups in total. The highest BCUT2D eigenvalue weighted by Crippen LogP contribution is 2.34. The molecule has 1 aliphatic rings. The number of hydrogen-bond donors (Lipinski definition) is 2. The fraction of sp³-hybridized carbons (Fsp3) is 0.379. The summed E-state index contributed by atoms with van der Waals surface area (Å²) in [5.41, 5.74) is 7.72. The number of hydrogen-bond acceptors (Lipinski definition) is 7. The summed E-state index contributed by atoms with van der Waals surface area (Å²) in [5.74, 6) is -0.621. The zero-order chi connectivity index (χ0) is 30.1. The van der Waals surface area contributed by atoms with Gasteiger partial charge in [-0.15, -0.1) is 5.12 Å². The molecule has 3 aromatic rings. The normalized spacial score (nSPS) is 13.9. The molecule has 0 atom stereocenters. The van der Waals surface area contributed by atoms with Crippen LogP contribution in [0.3, 0.4) is 0 Å². The molecule has 0 aliphatic carbocycles. The van der Waals surface area contributed by atoms with E-state index in [1.54, 1.807) is 40.1 Å². The van der Waals surface area contributed by atoms with Gasteiger partial charge in [0.2, 0.25) is 0 Å². The highest BCUT2D eigenvalue weighted by Gasteiger charge is 2.32. The summed E-state index contributed by atoms with van der Waals surface area (Å²) in [6.45, 7) is 5.27. The number of hydrazine groups is 2. The van der Waals surface area contributed by atoms with Crippen LogP contribution < -0.4 is 20.7 Å². The van der Waals surface area contributed by atoms with E-state index >= 15 is 0 Å². The summed E-state index contributed by atoms with van der Waals surface area (Å²) >= 11 is 0. The summed E-state index contributed by atoms with van der Waals surface area (Å²) in [4.78, 5) is 17.0. The zero-order valence-corrected chi connectivity index (χ0v) is 24.5. The monoisotopic (exact) mass is 570 g/mol. The van der Waals surface area contributed by atoms with Crippen molar-refractivity contribution in [3.63, 3.8) is 0 Å². The third-order valence-corrected chi connectivity index (χ3v) is 7.14. The van der Waals surface area contributed by atoms with Crippen LogP contribution in [-0.2, 0) is 13.2 Å². The minimum atomic E-state index is -4.59. The van der Waals surface area contributed by atoms with Gasteiger partial charge in [-0.3, -0.25) is 19.9 Å². The Labute approximate surface area is 238 Å². The first-order chi connectivity index (χ1) is 19.2. The number of nitrogens with zero attached hydrogens (tertiary/aromatic N) is 6. The van der Waals surface area contributed by atoms with Gasteiger partial charge >= 0.3 is 6.18 Å². The molecule has 2 aromatic carbocycles. The quantitative estimate of drug-likeness (QED) is 0.381. The van der Waals surface area contributed by atoms with Crippen molar-refractivity contribution in [1.29, 1.82) is 0 Å². The first kappa shape index (κ1) is 29.9. The summed E-state index contributed by atoms with van der Waals surface area (Å²) in [6.07, 6.45) is -0.0958. The van der Waals surface area contributed by atoms with Gasteiger partial charge in [-0.1, -0.05) is 6.07 Å². The maximum Gasteiger partial charge on any atom is 0.416 e. The van der Waals surface area contributed by atoms with Crippen molar-refractivity contribution < 1.29 is 18.0 Å². The lowest BCUT2D eigenvalue weighted by molar-refractivity contribution is -0.137. The molecule has 220 valence electrons. The molecule has 12 heteroatoms. The molecule has 0 saturated heterocycles. The van der Waals surface area contributed by atoms with E-state index in [2.05, 4.69) is 15.8 Å². The molecule has 9 nitrogen and oxygen atoms in total. The molecule has 2 heterocycles. The fourth-order valence-corrected chi connectivity index (χ4v) is 4.61. The van der Waals surface area contributed by atoms with E-state index in [4.69, 9.17) is 0 Å². The Morgan fingerprint density at radius 2 is 1.78 bits per heavy atom. The minimum absolute atomic E-state index is 0.0643. The third-order valence-electron chi connectivity index (χ3n) is 7.14. The van der Waals surface area contributed by atoms with Crippen molar-refractivity contribution in [2.45, 2.75) is 26.4 Å². The summed E-state index contributed by atoms with van der Waals surface area (Å²) < 4.78 is 43.1. The van der Waals surface area contributed by atoms with Crippen molar-refractivity contribution in [3.05, 3.63) is 76.7 Å². The lowest BCUT2D eigenvalue weighted by Crippen LogP contribution is -2.39. The maximum absolute atomic E-state index is 13.8. The molecule has 0 fully saturated rings. The van der Waals surface area contributed by atoms with E-state index in [1.807, 2.05) is 64.2 Å². The lowest BCUT2D eigenvalue weighted by atomic mass is 10.1. The lowest BCUT2D eigenvalue weighted by Gasteiger charge is -2.26. The summed E-state index contributed by atoms with van der Waals surface area (Å²) in [6, 6.07) is 8.86. The predicted molar refractivity (Wildman–Crippen MR) is 156 cm³/mol. The number of nitrogens with one attached hydrogen (secondary N) is 2. The first-order valence-electron chi connectivity index (χ1n) is 13.2. The Morgan fingerprint density at radius 1 is 1.05 bits per heavy atom. The predicted octanol–water partition coefficient (Wildman–Crippen LogP) is 4.87. The molecule has 0 unspecified atom stereocenters. The molecule has 0 bridgehead atoms. The average Bonchev–Trinajstić information content (AvgIpc) is 3.45. The molecule has 0 saturated carbocycles. The number of rotatable bonds is 9. The third kappa shape index (κ3) is 6.83. The second-order valence-corrected chi connectivity index (χ2v) is 10.6. The first-order valence-corrected chi connectivity index (χ1v) is 13.2. The number of anilines is 3. The van der Waals surface area contributed by atoms with Gasteiger partial charge in [0.05, 0.1) is 23.1 Å². The van der Waals surface area contributed by atoms with Crippen LogP contribution in [0.1, 0.15) is 39.2 Å². The van der Waals surface area contributed by atoms with Crippen LogP contribution in [-0.4, -0.2) is 67.0 Å². The van der Waals surface area contributed by atoms with E-state index in [1.165, 1.54) is 6.07 Å². The molecule has 1 amide bonds. The Kier molecular flexibility index (Phi) is 8.64. The van der Waals surface area contributed by atoms with Gasteiger partial charge in [0.25, 0.3) is 5.91 Å². The number of halogens is 3. The van der Waals surface area contributed by atoms with E-state index in [0.717, 1.165) is 53.3 Å². The van der Waals surface area contributed by atoms with Crippen LogP contribution >= 0.6 is 0 Å². The highest BCUT2D eigenvalue weighted by molar-refractivity contribution is 6.05. The second-order valence-electron chi connectivity index (χ2n) is 10.6. The number of benzene rings is 2.